The fourth-order valence-electron chi connectivity index (χ4n) is 11.7. The van der Waals surface area contributed by atoms with E-state index in [1.54, 1.807) is 6.92 Å². The summed E-state index contributed by atoms with van der Waals surface area (Å²) in [5.41, 5.74) is -4.09. The van der Waals surface area contributed by atoms with E-state index in [2.05, 4.69) is 19.9 Å². The van der Waals surface area contributed by atoms with E-state index in [0.717, 1.165) is 5.57 Å². The van der Waals surface area contributed by atoms with Crippen LogP contribution in [-0.4, -0.2) is 126 Å². The van der Waals surface area contributed by atoms with Gasteiger partial charge in [-0.15, -0.1) is 0 Å². The minimum Gasteiger partial charge on any atom is -0.394 e. The third-order valence-electron chi connectivity index (χ3n) is 14.8. The van der Waals surface area contributed by atoms with Gasteiger partial charge in [0, 0.05) is 23.2 Å². The van der Waals surface area contributed by atoms with E-state index in [9.17, 15) is 45.6 Å². The number of hydrogen-bond donors (Lipinski definition) is 8. The van der Waals surface area contributed by atoms with Crippen molar-refractivity contribution < 1.29 is 59.9 Å². The first-order valence-corrected chi connectivity index (χ1v) is 17.7. The summed E-state index contributed by atoms with van der Waals surface area (Å²) < 4.78 is 18.4. The van der Waals surface area contributed by atoms with Crippen LogP contribution in [0.25, 0.3) is 0 Å². The summed E-state index contributed by atoms with van der Waals surface area (Å²) in [4.78, 5) is 14.9. The second-order valence-corrected chi connectivity index (χ2v) is 17.7. The number of ether oxygens (including phenoxy) is 3. The summed E-state index contributed by atoms with van der Waals surface area (Å²) in [6.07, 6.45) is -5.93. The van der Waals surface area contributed by atoms with Gasteiger partial charge in [0.25, 0.3) is 0 Å². The first-order chi connectivity index (χ1) is 22.1. The Morgan fingerprint density at radius 1 is 0.979 bits per heavy atom. The largest absolute Gasteiger partial charge is 0.394 e. The van der Waals surface area contributed by atoms with Crippen LogP contribution < -0.4 is 0 Å². The monoisotopic (exact) mass is 682 g/mol. The van der Waals surface area contributed by atoms with Gasteiger partial charge in [-0.25, -0.2) is 0 Å². The normalized spacial score (nSPS) is 54.6. The number of aliphatic hydroxyl groups excluding tert-OH is 7. The zero-order valence-electron chi connectivity index (χ0n) is 29.4. The fraction of sp³-hybridized carbons (Fsp3) is 0.917. The van der Waals surface area contributed by atoms with E-state index >= 15 is 0 Å². The van der Waals surface area contributed by atoms with Crippen LogP contribution in [0.15, 0.2) is 11.6 Å². The number of aliphatic hydroxyl groups is 8. The Balaban J connectivity index is 1.33. The van der Waals surface area contributed by atoms with Gasteiger partial charge < -0.3 is 55.1 Å². The predicted molar refractivity (Wildman–Crippen MR) is 171 cm³/mol. The number of allylic oxidation sites excluding steroid dienone is 1. The number of Topliss-reactive ketones (excluding diaryl/α,β-unsaturated/α-hetero) is 1. The smallest absolute Gasteiger partial charge is 0.187 e. The standard InChI is InChI=1S/C36H58O12/c1-31(2)17-8-9-22-32(3)13-19(39)28(35(6)11-10-24(48-35)34(5,45)16-38)33(32,4)14-23(40)36(22,7)18(17)12-20(29(31)44)46-30-27(43)26(42)25(41)21(15-37)47-30/h8,18-22,24-30,37-39,41-45H,9-16H2,1-7H3/t18-,19+,20-,21-,22+,24-,25-,26+,27-,28-,29-,30-,32-,33+,34-,35+,36-/m0/s1. The molecule has 2 aliphatic heterocycles. The van der Waals surface area contributed by atoms with Gasteiger partial charge in [-0.05, 0) is 68.6 Å². The van der Waals surface area contributed by atoms with Crippen LogP contribution in [0.2, 0.25) is 0 Å². The Labute approximate surface area is 283 Å². The highest BCUT2D eigenvalue weighted by atomic mass is 16.7. The molecule has 5 fully saturated rings. The van der Waals surface area contributed by atoms with Crippen molar-refractivity contribution in [3.05, 3.63) is 11.6 Å². The third-order valence-corrected chi connectivity index (χ3v) is 14.8. The van der Waals surface area contributed by atoms with Gasteiger partial charge in [-0.1, -0.05) is 46.3 Å². The molecule has 2 saturated heterocycles. The van der Waals surface area contributed by atoms with Crippen molar-refractivity contribution in [1.29, 1.82) is 0 Å². The topological polar surface area (TPSA) is 207 Å². The number of hydrogen-bond acceptors (Lipinski definition) is 12. The summed E-state index contributed by atoms with van der Waals surface area (Å²) in [6.45, 7) is 12.6. The molecular formula is C36H58O12. The Kier molecular flexibility index (Phi) is 8.99. The molecular weight excluding hydrogens is 624 g/mol. The first-order valence-electron chi connectivity index (χ1n) is 17.7. The van der Waals surface area contributed by atoms with E-state index in [1.807, 2.05) is 27.7 Å². The summed E-state index contributed by atoms with van der Waals surface area (Å²) in [5.74, 6) is -0.816. The van der Waals surface area contributed by atoms with Crippen LogP contribution in [0.3, 0.4) is 0 Å². The van der Waals surface area contributed by atoms with Gasteiger partial charge in [0.2, 0.25) is 0 Å². The van der Waals surface area contributed by atoms with E-state index in [4.69, 9.17) is 14.2 Å². The van der Waals surface area contributed by atoms with Crippen molar-refractivity contribution in [2.24, 2.45) is 39.4 Å². The molecule has 0 spiro atoms. The van der Waals surface area contributed by atoms with Crippen molar-refractivity contribution in [2.45, 2.75) is 153 Å². The molecule has 17 atom stereocenters. The molecule has 0 amide bonds. The van der Waals surface area contributed by atoms with Gasteiger partial charge >= 0.3 is 0 Å². The summed E-state index contributed by atoms with van der Waals surface area (Å²) in [6, 6.07) is 0. The number of rotatable bonds is 6. The first kappa shape index (κ1) is 36.8. The fourth-order valence-corrected chi connectivity index (χ4v) is 11.7. The van der Waals surface area contributed by atoms with Gasteiger partial charge in [0.1, 0.15) is 35.8 Å². The highest BCUT2D eigenvalue weighted by Crippen LogP contribution is 2.75. The lowest BCUT2D eigenvalue weighted by Gasteiger charge is -2.65. The minimum atomic E-state index is -1.63. The van der Waals surface area contributed by atoms with Crippen LogP contribution >= 0.6 is 0 Å². The number of fused-ring (bicyclic) bond motifs is 5. The molecule has 0 bridgehead atoms. The van der Waals surface area contributed by atoms with E-state index < -0.39 is 101 Å². The zero-order valence-corrected chi connectivity index (χ0v) is 29.4. The SMILES string of the molecule is CC1(C)C2=CC[C@H]3[C@@](C)(C(=O)C[C@]4(C)[C@@H]([C@@]5(C)CC[C@@H]([C@@](C)(O)CO)O5)[C@H](O)C[C@@]34C)[C@H]2C[C@H](O[C@H]2O[C@@H](CO)[C@H](O)[C@@H](O)[C@@H]2O)[C@@H]1O. The number of carbonyl (C=O) groups is 1. The average molecular weight is 683 g/mol. The highest BCUT2D eigenvalue weighted by molar-refractivity contribution is 5.88. The van der Waals surface area contributed by atoms with E-state index in [0.29, 0.717) is 25.7 Å². The predicted octanol–water partition coefficient (Wildman–Crippen LogP) is 0.578. The molecule has 8 N–H and O–H groups in total. The lowest BCUT2D eigenvalue weighted by Crippen LogP contribution is -2.66. The summed E-state index contributed by atoms with van der Waals surface area (Å²) in [5, 5.41) is 85.3. The third kappa shape index (κ3) is 4.92. The number of carbonyl (C=O) groups excluding carboxylic acids is 1. The van der Waals surface area contributed by atoms with Crippen LogP contribution in [0.4, 0.5) is 0 Å². The van der Waals surface area contributed by atoms with Crippen molar-refractivity contribution in [2.75, 3.05) is 13.2 Å². The van der Waals surface area contributed by atoms with Gasteiger partial charge in [-0.3, -0.25) is 4.79 Å². The Morgan fingerprint density at radius 2 is 1.65 bits per heavy atom. The Morgan fingerprint density at radius 3 is 2.27 bits per heavy atom. The molecule has 0 unspecified atom stereocenters. The average Bonchev–Trinajstić information content (AvgIpc) is 3.51. The lowest BCUT2D eigenvalue weighted by atomic mass is 9.38. The minimum absolute atomic E-state index is 0.0708. The molecule has 2 heterocycles. The maximum atomic E-state index is 14.9. The van der Waals surface area contributed by atoms with Gasteiger partial charge in [-0.2, -0.15) is 0 Å². The zero-order chi connectivity index (χ0) is 35.6. The Hall–Kier alpha value is -1.03. The Bertz CT molecular complexity index is 1300. The number of ketones is 1. The molecule has 0 aromatic rings. The van der Waals surface area contributed by atoms with Crippen LogP contribution in [0.1, 0.15) is 87.0 Å². The van der Waals surface area contributed by atoms with Crippen molar-refractivity contribution in [3.8, 4) is 0 Å². The van der Waals surface area contributed by atoms with Crippen molar-refractivity contribution >= 4 is 5.78 Å². The molecule has 0 aromatic carbocycles. The van der Waals surface area contributed by atoms with Crippen LogP contribution in [0.5, 0.6) is 0 Å². The van der Waals surface area contributed by atoms with Crippen LogP contribution in [0, 0.1) is 39.4 Å². The molecule has 0 radical (unpaired) electrons. The molecule has 6 aliphatic rings. The van der Waals surface area contributed by atoms with E-state index in [-0.39, 0.29) is 36.4 Å². The molecule has 0 aromatic heterocycles. The molecule has 3 saturated carbocycles. The molecule has 12 heteroatoms. The molecule has 4 aliphatic carbocycles. The molecule has 274 valence electrons. The van der Waals surface area contributed by atoms with Crippen LogP contribution in [-0.2, 0) is 19.0 Å². The maximum absolute atomic E-state index is 14.9. The lowest BCUT2D eigenvalue weighted by molar-refractivity contribution is -0.323. The molecule has 6 rings (SSSR count). The highest BCUT2D eigenvalue weighted by Gasteiger charge is 2.75. The van der Waals surface area contributed by atoms with E-state index in [1.165, 1.54) is 0 Å². The van der Waals surface area contributed by atoms with Gasteiger partial charge in [0.15, 0.2) is 6.29 Å². The molecule has 48 heavy (non-hydrogen) atoms. The van der Waals surface area contributed by atoms with Crippen molar-refractivity contribution in [1.82, 2.24) is 0 Å². The second kappa shape index (κ2) is 11.7. The quantitative estimate of drug-likeness (QED) is 0.181. The molecule has 12 nitrogen and oxygen atoms in total. The summed E-state index contributed by atoms with van der Waals surface area (Å²) >= 11 is 0. The van der Waals surface area contributed by atoms with Crippen molar-refractivity contribution in [3.63, 3.8) is 0 Å². The van der Waals surface area contributed by atoms with Gasteiger partial charge in [0.05, 0.1) is 43.2 Å². The second-order valence-electron chi connectivity index (χ2n) is 17.7. The summed E-state index contributed by atoms with van der Waals surface area (Å²) in [7, 11) is 0. The maximum Gasteiger partial charge on any atom is 0.187 e.